The summed E-state index contributed by atoms with van der Waals surface area (Å²) in [5, 5.41) is 11.0. The van der Waals surface area contributed by atoms with Crippen molar-refractivity contribution in [3.8, 4) is 0 Å². The maximum Gasteiger partial charge on any atom is 0.191 e. The second kappa shape index (κ2) is 10.4. The van der Waals surface area contributed by atoms with Crippen LogP contribution in [-0.4, -0.2) is 36.1 Å². The van der Waals surface area contributed by atoms with Crippen LogP contribution in [0.4, 0.5) is 4.39 Å². The Labute approximate surface area is 192 Å². The van der Waals surface area contributed by atoms with Crippen LogP contribution in [0.5, 0.6) is 0 Å². The molecule has 2 aromatic heterocycles. The van der Waals surface area contributed by atoms with E-state index in [2.05, 4.69) is 46.8 Å². The number of hydrogen-bond acceptors (Lipinski definition) is 3. The van der Waals surface area contributed by atoms with Gasteiger partial charge in [-0.3, -0.25) is 4.99 Å². The van der Waals surface area contributed by atoms with Gasteiger partial charge >= 0.3 is 0 Å². The van der Waals surface area contributed by atoms with Gasteiger partial charge in [0.2, 0.25) is 0 Å². The summed E-state index contributed by atoms with van der Waals surface area (Å²) in [6, 6.07) is 4.84. The molecule has 2 heterocycles. The summed E-state index contributed by atoms with van der Waals surface area (Å²) in [5.41, 5.74) is 3.23. The van der Waals surface area contributed by atoms with Crippen molar-refractivity contribution in [3.05, 3.63) is 51.9 Å². The molecule has 0 radical (unpaired) electrons. The minimum atomic E-state index is -0.224. The molecule has 3 N–H and O–H groups in total. The van der Waals surface area contributed by atoms with Crippen LogP contribution in [0.25, 0.3) is 10.9 Å². The summed E-state index contributed by atoms with van der Waals surface area (Å²) < 4.78 is 13.3. The Hall–Kier alpha value is -1.68. The Morgan fingerprint density at radius 1 is 1.21 bits per heavy atom. The predicted octanol–water partition coefficient (Wildman–Crippen LogP) is 4.63. The minimum absolute atomic E-state index is 0. The fourth-order valence-corrected chi connectivity index (χ4v) is 3.98. The van der Waals surface area contributed by atoms with E-state index in [9.17, 15) is 4.39 Å². The highest BCUT2D eigenvalue weighted by Crippen LogP contribution is 2.24. The largest absolute Gasteiger partial charge is 0.361 e. The molecule has 0 bridgehead atoms. The lowest BCUT2D eigenvalue weighted by Crippen LogP contribution is -2.39. The molecule has 3 aromatic rings. The highest BCUT2D eigenvalue weighted by molar-refractivity contribution is 14.0. The van der Waals surface area contributed by atoms with Crippen LogP contribution in [-0.2, 0) is 18.3 Å². The van der Waals surface area contributed by atoms with Crippen molar-refractivity contribution < 1.29 is 4.39 Å². The number of aromatic nitrogens is 2. The highest BCUT2D eigenvalue weighted by atomic mass is 127. The molecule has 0 aliphatic heterocycles. The number of H-pyrrole nitrogens is 1. The third kappa shape index (κ3) is 6.40. The molecule has 0 unspecified atom stereocenters. The highest BCUT2D eigenvalue weighted by Gasteiger charge is 2.17. The first-order valence-corrected chi connectivity index (χ1v) is 10.4. The van der Waals surface area contributed by atoms with E-state index in [0.29, 0.717) is 0 Å². The van der Waals surface area contributed by atoms with Crippen LogP contribution in [0, 0.1) is 5.82 Å². The van der Waals surface area contributed by atoms with Gasteiger partial charge in [-0.25, -0.2) is 9.37 Å². The molecular weight excluding hydrogens is 500 g/mol. The van der Waals surface area contributed by atoms with Gasteiger partial charge in [-0.15, -0.1) is 35.3 Å². The zero-order valence-corrected chi connectivity index (χ0v) is 20.5. The van der Waals surface area contributed by atoms with Crippen LogP contribution in [0.2, 0.25) is 0 Å². The number of rotatable bonds is 6. The van der Waals surface area contributed by atoms with Crippen LogP contribution < -0.4 is 10.6 Å². The lowest BCUT2D eigenvalue weighted by atomic mass is 9.93. The molecule has 0 aliphatic rings. The lowest BCUT2D eigenvalue weighted by molar-refractivity contribution is 0.570. The number of fused-ring (bicyclic) bond motifs is 1. The van der Waals surface area contributed by atoms with Gasteiger partial charge in [0.15, 0.2) is 5.96 Å². The average Bonchev–Trinajstić information content (AvgIpc) is 3.27. The van der Waals surface area contributed by atoms with Crippen molar-refractivity contribution in [3.63, 3.8) is 0 Å². The molecule has 0 fully saturated rings. The fourth-order valence-electron chi connectivity index (χ4n) is 2.96. The summed E-state index contributed by atoms with van der Waals surface area (Å²) >= 11 is 1.71. The average molecular weight is 529 g/mol. The number of aliphatic imine (C=N–C) groups is 1. The summed E-state index contributed by atoms with van der Waals surface area (Å²) in [5.74, 6) is 0.553. The second-order valence-electron chi connectivity index (χ2n) is 7.81. The first-order valence-electron chi connectivity index (χ1n) is 9.52. The molecule has 0 saturated carbocycles. The van der Waals surface area contributed by atoms with Crippen molar-refractivity contribution in [2.75, 3.05) is 20.1 Å². The van der Waals surface area contributed by atoms with Crippen molar-refractivity contribution in [1.82, 2.24) is 20.6 Å². The molecule has 8 heteroatoms. The van der Waals surface area contributed by atoms with Crippen molar-refractivity contribution in [2.24, 2.45) is 4.99 Å². The molecule has 1 aromatic carbocycles. The van der Waals surface area contributed by atoms with Crippen LogP contribution in [0.15, 0.2) is 34.8 Å². The van der Waals surface area contributed by atoms with Crippen molar-refractivity contribution in [2.45, 2.75) is 39.0 Å². The normalized spacial score (nSPS) is 12.1. The predicted molar refractivity (Wildman–Crippen MR) is 131 cm³/mol. The second-order valence-corrected chi connectivity index (χ2v) is 8.75. The van der Waals surface area contributed by atoms with Crippen LogP contribution in [0.3, 0.4) is 0 Å². The number of guanidine groups is 1. The Bertz CT molecular complexity index is 958. The van der Waals surface area contributed by atoms with Crippen LogP contribution >= 0.6 is 35.3 Å². The standard InChI is InChI=1S/C21H28FN5S.HI/c1-21(2,3)18-13-28-19(27-18)8-10-25-20(23-4)24-9-7-14-12-26-17-11-15(22)5-6-16(14)17;/h5-6,11-13,26H,7-10H2,1-4H3,(H2,23,24,25);1H. The maximum atomic E-state index is 13.3. The monoisotopic (exact) mass is 529 g/mol. The van der Waals surface area contributed by atoms with E-state index in [1.165, 1.54) is 12.1 Å². The molecule has 3 rings (SSSR count). The topological polar surface area (TPSA) is 65.1 Å². The first-order chi connectivity index (χ1) is 13.4. The molecule has 0 atom stereocenters. The zero-order valence-electron chi connectivity index (χ0n) is 17.3. The molecular formula is C21H29FIN5S. The molecule has 0 aliphatic carbocycles. The van der Waals surface area contributed by atoms with E-state index >= 15 is 0 Å². The van der Waals surface area contributed by atoms with Gasteiger partial charge in [0.05, 0.1) is 10.7 Å². The van der Waals surface area contributed by atoms with E-state index in [0.717, 1.165) is 59.1 Å². The van der Waals surface area contributed by atoms with Crippen molar-refractivity contribution in [1.29, 1.82) is 0 Å². The van der Waals surface area contributed by atoms with E-state index in [1.807, 2.05) is 12.3 Å². The molecule has 29 heavy (non-hydrogen) atoms. The number of nitrogens with zero attached hydrogens (tertiary/aromatic N) is 2. The number of thiazole rings is 1. The van der Waals surface area contributed by atoms with E-state index in [4.69, 9.17) is 4.98 Å². The summed E-state index contributed by atoms with van der Waals surface area (Å²) in [6.45, 7) is 8.07. The Balaban J connectivity index is 0.00000300. The zero-order chi connectivity index (χ0) is 20.1. The molecule has 158 valence electrons. The first kappa shape index (κ1) is 23.6. The Kier molecular flexibility index (Phi) is 8.45. The molecule has 0 saturated heterocycles. The Morgan fingerprint density at radius 3 is 2.59 bits per heavy atom. The van der Waals surface area contributed by atoms with Gasteiger partial charge in [0.25, 0.3) is 0 Å². The number of halogens is 2. The van der Waals surface area contributed by atoms with Gasteiger partial charge in [-0.1, -0.05) is 20.8 Å². The van der Waals surface area contributed by atoms with Crippen molar-refractivity contribution >= 4 is 52.2 Å². The van der Waals surface area contributed by atoms with E-state index in [-0.39, 0.29) is 35.2 Å². The summed E-state index contributed by atoms with van der Waals surface area (Å²) in [7, 11) is 1.77. The number of benzene rings is 1. The van der Waals surface area contributed by atoms with Gasteiger partial charge < -0.3 is 15.6 Å². The maximum absolute atomic E-state index is 13.3. The molecule has 0 amide bonds. The Morgan fingerprint density at radius 2 is 1.93 bits per heavy atom. The SMILES string of the molecule is CN=C(NCCc1nc(C(C)(C)C)cs1)NCCc1c[nH]c2cc(F)ccc12.I. The number of aromatic amines is 1. The van der Waals surface area contributed by atoms with Gasteiger partial charge in [-0.05, 0) is 30.2 Å². The number of nitrogens with one attached hydrogen (secondary N) is 3. The van der Waals surface area contributed by atoms with Gasteiger partial charge in [0, 0.05) is 54.5 Å². The molecule has 5 nitrogen and oxygen atoms in total. The van der Waals surface area contributed by atoms with Gasteiger partial charge in [-0.2, -0.15) is 0 Å². The minimum Gasteiger partial charge on any atom is -0.361 e. The van der Waals surface area contributed by atoms with Gasteiger partial charge in [0.1, 0.15) is 5.82 Å². The molecule has 0 spiro atoms. The lowest BCUT2D eigenvalue weighted by Gasteiger charge is -2.14. The third-order valence-electron chi connectivity index (χ3n) is 4.59. The van der Waals surface area contributed by atoms with E-state index < -0.39 is 0 Å². The summed E-state index contributed by atoms with van der Waals surface area (Å²) in [4.78, 5) is 12.1. The van der Waals surface area contributed by atoms with E-state index in [1.54, 1.807) is 18.4 Å². The third-order valence-corrected chi connectivity index (χ3v) is 5.50. The fraction of sp³-hybridized carbons (Fsp3) is 0.429. The summed E-state index contributed by atoms with van der Waals surface area (Å²) in [6.07, 6.45) is 3.64. The quantitative estimate of drug-likeness (QED) is 0.248. The number of hydrogen-bond donors (Lipinski definition) is 3. The van der Waals surface area contributed by atoms with Crippen LogP contribution in [0.1, 0.15) is 37.0 Å². The smallest absolute Gasteiger partial charge is 0.191 e.